The highest BCUT2D eigenvalue weighted by molar-refractivity contribution is 6.02. The van der Waals surface area contributed by atoms with E-state index >= 15 is 0 Å². The fourth-order valence-corrected chi connectivity index (χ4v) is 3.37. The first kappa shape index (κ1) is 21.1. The largest absolute Gasteiger partial charge is 0.467 e. The van der Waals surface area contributed by atoms with E-state index in [-0.39, 0.29) is 28.5 Å². The van der Waals surface area contributed by atoms with Crippen LogP contribution in [0, 0.1) is 6.92 Å². The summed E-state index contributed by atoms with van der Waals surface area (Å²) in [6, 6.07) is 17.4. The molecule has 0 aliphatic carbocycles. The van der Waals surface area contributed by atoms with E-state index in [1.807, 2.05) is 30.3 Å². The van der Waals surface area contributed by atoms with Gasteiger partial charge in [-0.15, -0.1) is 0 Å². The Morgan fingerprint density at radius 2 is 1.78 bits per heavy atom. The molecule has 2 aromatic heterocycles. The van der Waals surface area contributed by atoms with Gasteiger partial charge in [0.15, 0.2) is 17.6 Å². The molecule has 2 aromatic carbocycles. The molecular formula is C25H21NO6. The summed E-state index contributed by atoms with van der Waals surface area (Å²) in [7, 11) is 1.59. The van der Waals surface area contributed by atoms with Crippen LogP contribution in [0.25, 0.3) is 22.3 Å². The molecule has 0 spiro atoms. The minimum atomic E-state index is -0.749. The van der Waals surface area contributed by atoms with Gasteiger partial charge in [0, 0.05) is 18.2 Å². The molecule has 0 unspecified atom stereocenters. The summed E-state index contributed by atoms with van der Waals surface area (Å²) in [5.41, 5.74) is 1.15. The Morgan fingerprint density at radius 3 is 2.50 bits per heavy atom. The molecule has 0 fully saturated rings. The molecule has 2 heterocycles. The van der Waals surface area contributed by atoms with Crippen molar-refractivity contribution in [2.75, 3.05) is 13.7 Å². The van der Waals surface area contributed by atoms with Crippen molar-refractivity contribution in [1.82, 2.24) is 4.90 Å². The predicted molar refractivity (Wildman–Crippen MR) is 118 cm³/mol. The second-order valence-electron chi connectivity index (χ2n) is 7.34. The minimum Gasteiger partial charge on any atom is -0.467 e. The minimum absolute atomic E-state index is 0.0817. The molecule has 4 aromatic rings. The summed E-state index contributed by atoms with van der Waals surface area (Å²) in [4.78, 5) is 39.4. The van der Waals surface area contributed by atoms with E-state index in [1.54, 1.807) is 38.2 Å². The van der Waals surface area contributed by atoms with Crippen LogP contribution < -0.4 is 5.43 Å². The molecule has 0 aliphatic rings. The summed E-state index contributed by atoms with van der Waals surface area (Å²) in [6.45, 7) is 1.49. The van der Waals surface area contributed by atoms with Crippen molar-refractivity contribution >= 4 is 22.8 Å². The highest BCUT2D eigenvalue weighted by Gasteiger charge is 2.21. The van der Waals surface area contributed by atoms with Crippen molar-refractivity contribution in [3.8, 4) is 11.3 Å². The summed E-state index contributed by atoms with van der Waals surface area (Å²) >= 11 is 0. The molecule has 7 heteroatoms. The van der Waals surface area contributed by atoms with E-state index in [0.29, 0.717) is 17.1 Å². The van der Waals surface area contributed by atoms with Crippen LogP contribution in [0.5, 0.6) is 0 Å². The van der Waals surface area contributed by atoms with Gasteiger partial charge in [0.2, 0.25) is 0 Å². The maximum Gasteiger partial charge on any atom is 0.342 e. The van der Waals surface area contributed by atoms with Crippen LogP contribution in [-0.4, -0.2) is 30.4 Å². The number of para-hydroxylation sites is 1. The molecule has 0 saturated heterocycles. The normalized spacial score (nSPS) is 10.8. The fraction of sp³-hybridized carbons (Fsp3) is 0.160. The van der Waals surface area contributed by atoms with E-state index in [4.69, 9.17) is 13.6 Å². The first-order valence-corrected chi connectivity index (χ1v) is 10.0. The Labute approximate surface area is 183 Å². The van der Waals surface area contributed by atoms with Gasteiger partial charge in [-0.2, -0.15) is 0 Å². The van der Waals surface area contributed by atoms with Crippen LogP contribution in [0.4, 0.5) is 0 Å². The third-order valence-corrected chi connectivity index (χ3v) is 5.13. The molecule has 1 amide bonds. The van der Waals surface area contributed by atoms with Crippen molar-refractivity contribution in [3.63, 3.8) is 0 Å². The van der Waals surface area contributed by atoms with Gasteiger partial charge in [0.25, 0.3) is 5.91 Å². The van der Waals surface area contributed by atoms with Crippen molar-refractivity contribution in [3.05, 3.63) is 94.0 Å². The number of hydrogen-bond acceptors (Lipinski definition) is 6. The van der Waals surface area contributed by atoms with Crippen molar-refractivity contribution in [2.24, 2.45) is 0 Å². The van der Waals surface area contributed by atoms with E-state index in [1.165, 1.54) is 17.2 Å². The van der Waals surface area contributed by atoms with Crippen LogP contribution in [0.1, 0.15) is 21.7 Å². The molecular weight excluding hydrogens is 410 g/mol. The standard InChI is InChI=1S/C25H21NO6/c1-16-22(28)19-11-6-12-20(24(19)32-23(16)17-8-4-3-5-9-17)25(29)31-15-21(27)26(2)14-18-10-7-13-30-18/h3-13H,14-15H2,1-2H3. The Balaban J connectivity index is 1.59. The number of fused-ring (bicyclic) bond motifs is 1. The lowest BCUT2D eigenvalue weighted by atomic mass is 10.0. The molecule has 0 radical (unpaired) electrons. The van der Waals surface area contributed by atoms with Gasteiger partial charge in [-0.05, 0) is 31.2 Å². The second kappa shape index (κ2) is 8.93. The molecule has 0 N–H and O–H groups in total. The van der Waals surface area contributed by atoms with Crippen LogP contribution in [-0.2, 0) is 16.1 Å². The molecule has 7 nitrogen and oxygen atoms in total. The molecule has 0 saturated carbocycles. The fourth-order valence-electron chi connectivity index (χ4n) is 3.37. The monoisotopic (exact) mass is 431 g/mol. The van der Waals surface area contributed by atoms with Gasteiger partial charge >= 0.3 is 5.97 Å². The molecule has 0 bridgehead atoms. The summed E-state index contributed by atoms with van der Waals surface area (Å²) < 4.78 is 16.5. The smallest absolute Gasteiger partial charge is 0.342 e. The molecule has 32 heavy (non-hydrogen) atoms. The zero-order valence-electron chi connectivity index (χ0n) is 17.7. The Kier molecular flexibility index (Phi) is 5.89. The van der Waals surface area contributed by atoms with Crippen LogP contribution in [0.15, 0.2) is 80.6 Å². The number of hydrogen-bond donors (Lipinski definition) is 0. The predicted octanol–water partition coefficient (Wildman–Crippen LogP) is 4.18. The molecule has 4 rings (SSSR count). The van der Waals surface area contributed by atoms with Gasteiger partial charge < -0.3 is 18.5 Å². The quantitative estimate of drug-likeness (QED) is 0.426. The van der Waals surface area contributed by atoms with E-state index in [2.05, 4.69) is 0 Å². The highest BCUT2D eigenvalue weighted by Crippen LogP contribution is 2.27. The zero-order valence-corrected chi connectivity index (χ0v) is 17.7. The number of nitrogens with zero attached hydrogens (tertiary/aromatic N) is 1. The molecule has 0 aliphatic heterocycles. The maximum absolute atomic E-state index is 12.9. The maximum atomic E-state index is 12.9. The van der Waals surface area contributed by atoms with Gasteiger partial charge in [-0.25, -0.2) is 4.79 Å². The number of amides is 1. The number of furan rings is 1. The van der Waals surface area contributed by atoms with Gasteiger partial charge in [-0.3, -0.25) is 9.59 Å². The average molecular weight is 431 g/mol. The van der Waals surface area contributed by atoms with E-state index < -0.39 is 18.5 Å². The Bertz CT molecular complexity index is 1320. The van der Waals surface area contributed by atoms with Crippen LogP contribution in [0.2, 0.25) is 0 Å². The highest BCUT2D eigenvalue weighted by atomic mass is 16.5. The number of carbonyl (C=O) groups is 2. The lowest BCUT2D eigenvalue weighted by Crippen LogP contribution is -2.30. The van der Waals surface area contributed by atoms with Gasteiger partial charge in [-0.1, -0.05) is 36.4 Å². The number of likely N-dealkylation sites (N-methyl/N-ethyl adjacent to an activating group) is 1. The van der Waals surface area contributed by atoms with Crippen molar-refractivity contribution in [1.29, 1.82) is 0 Å². The Morgan fingerprint density at radius 1 is 1.00 bits per heavy atom. The lowest BCUT2D eigenvalue weighted by molar-refractivity contribution is -0.133. The van der Waals surface area contributed by atoms with Crippen LogP contribution in [0.3, 0.4) is 0 Å². The number of ether oxygens (including phenoxy) is 1. The van der Waals surface area contributed by atoms with Crippen LogP contribution >= 0.6 is 0 Å². The third kappa shape index (κ3) is 4.18. The molecule has 162 valence electrons. The van der Waals surface area contributed by atoms with Crippen molar-refractivity contribution in [2.45, 2.75) is 13.5 Å². The summed E-state index contributed by atoms with van der Waals surface area (Å²) in [5, 5.41) is 0.276. The first-order chi connectivity index (χ1) is 15.5. The number of esters is 1. The number of rotatable bonds is 6. The zero-order chi connectivity index (χ0) is 22.7. The first-order valence-electron chi connectivity index (χ1n) is 10.0. The lowest BCUT2D eigenvalue weighted by Gasteiger charge is -2.16. The Hall–Kier alpha value is -4.13. The second-order valence-corrected chi connectivity index (χ2v) is 7.34. The van der Waals surface area contributed by atoms with Gasteiger partial charge in [0.05, 0.1) is 18.2 Å². The summed E-state index contributed by atoms with van der Waals surface area (Å²) in [6.07, 6.45) is 1.52. The number of benzene rings is 2. The SMILES string of the molecule is Cc1c(-c2ccccc2)oc2c(C(=O)OCC(=O)N(C)Cc3ccco3)cccc2c1=O. The van der Waals surface area contributed by atoms with E-state index in [0.717, 1.165) is 5.56 Å². The topological polar surface area (TPSA) is 90.0 Å². The van der Waals surface area contributed by atoms with E-state index in [9.17, 15) is 14.4 Å². The number of carbonyl (C=O) groups excluding carboxylic acids is 2. The van der Waals surface area contributed by atoms with Crippen molar-refractivity contribution < 1.29 is 23.2 Å². The summed E-state index contributed by atoms with van der Waals surface area (Å²) in [5.74, 6) is -0.136. The van der Waals surface area contributed by atoms with Gasteiger partial charge in [0.1, 0.15) is 17.1 Å². The average Bonchev–Trinajstić information content (AvgIpc) is 3.32. The third-order valence-electron chi connectivity index (χ3n) is 5.13. The molecule has 0 atom stereocenters.